The highest BCUT2D eigenvalue weighted by Gasteiger charge is 2.08. The van der Waals surface area contributed by atoms with Crippen molar-refractivity contribution < 1.29 is 14.7 Å². The Kier molecular flexibility index (Phi) is 4.29. The second-order valence-electron chi connectivity index (χ2n) is 4.84. The SMILES string of the molecule is C[Si](C)(C)C#CC(=O)Nc1ccc(C(=O)O)cc1. The van der Waals surface area contributed by atoms with Crippen LogP contribution in [0.2, 0.25) is 19.6 Å². The molecule has 0 radical (unpaired) electrons. The number of hydrogen-bond acceptors (Lipinski definition) is 2. The van der Waals surface area contributed by atoms with E-state index in [2.05, 4.69) is 36.4 Å². The van der Waals surface area contributed by atoms with Crippen molar-refractivity contribution in [1.82, 2.24) is 0 Å². The molecule has 0 heterocycles. The molecular formula is C13H15NO3Si. The van der Waals surface area contributed by atoms with Crippen molar-refractivity contribution in [3.8, 4) is 11.5 Å². The normalized spacial score (nSPS) is 10.2. The quantitative estimate of drug-likeness (QED) is 0.633. The van der Waals surface area contributed by atoms with Crippen molar-refractivity contribution in [2.45, 2.75) is 19.6 Å². The van der Waals surface area contributed by atoms with Crippen LogP contribution in [0, 0.1) is 11.5 Å². The molecule has 0 saturated heterocycles. The van der Waals surface area contributed by atoms with Crippen molar-refractivity contribution in [3.05, 3.63) is 29.8 Å². The maximum atomic E-state index is 11.5. The van der Waals surface area contributed by atoms with Crippen LogP contribution < -0.4 is 5.32 Å². The number of carboxylic acid groups (broad SMARTS) is 1. The molecule has 0 unspecified atom stereocenters. The molecule has 1 aromatic rings. The summed E-state index contributed by atoms with van der Waals surface area (Å²) in [6.07, 6.45) is 0. The first-order valence-electron chi connectivity index (χ1n) is 5.45. The molecule has 18 heavy (non-hydrogen) atoms. The summed E-state index contributed by atoms with van der Waals surface area (Å²) in [4.78, 5) is 22.1. The van der Waals surface area contributed by atoms with Crippen molar-refractivity contribution in [3.63, 3.8) is 0 Å². The van der Waals surface area contributed by atoms with Gasteiger partial charge in [0.05, 0.1) is 5.56 Å². The van der Waals surface area contributed by atoms with Gasteiger partial charge in [0.15, 0.2) is 0 Å². The summed E-state index contributed by atoms with van der Waals surface area (Å²) in [7, 11) is -1.56. The molecule has 0 aromatic heterocycles. The van der Waals surface area contributed by atoms with Crippen LogP contribution >= 0.6 is 0 Å². The lowest BCUT2D eigenvalue weighted by atomic mass is 10.2. The van der Waals surface area contributed by atoms with Gasteiger partial charge in [0, 0.05) is 5.69 Å². The predicted octanol–water partition coefficient (Wildman–Crippen LogP) is 2.20. The Bertz CT molecular complexity index is 518. The Morgan fingerprint density at radius 2 is 1.72 bits per heavy atom. The van der Waals surface area contributed by atoms with E-state index in [4.69, 9.17) is 5.11 Å². The highest BCUT2D eigenvalue weighted by molar-refractivity contribution is 6.84. The summed E-state index contributed by atoms with van der Waals surface area (Å²) >= 11 is 0. The van der Waals surface area contributed by atoms with Crippen molar-refractivity contribution in [1.29, 1.82) is 0 Å². The van der Waals surface area contributed by atoms with Gasteiger partial charge in [0.1, 0.15) is 8.07 Å². The number of aromatic carboxylic acids is 1. The standard InChI is InChI=1S/C13H15NO3Si/c1-18(2,3)9-8-12(15)14-11-6-4-10(5-7-11)13(16)17/h4-7H,1-3H3,(H,14,15)(H,16,17). The third-order valence-corrected chi connectivity index (χ3v) is 2.82. The van der Waals surface area contributed by atoms with Gasteiger partial charge in [-0.05, 0) is 30.2 Å². The smallest absolute Gasteiger partial charge is 0.335 e. The topological polar surface area (TPSA) is 66.4 Å². The van der Waals surface area contributed by atoms with E-state index in [9.17, 15) is 9.59 Å². The Hall–Kier alpha value is -2.06. The van der Waals surface area contributed by atoms with E-state index in [1.54, 1.807) is 0 Å². The third kappa shape index (κ3) is 4.85. The van der Waals surface area contributed by atoms with Crippen LogP contribution in [-0.4, -0.2) is 25.1 Å². The molecule has 0 fully saturated rings. The minimum absolute atomic E-state index is 0.182. The molecule has 5 heteroatoms. The van der Waals surface area contributed by atoms with Gasteiger partial charge < -0.3 is 10.4 Å². The number of carbonyl (C=O) groups is 2. The number of amides is 1. The lowest BCUT2D eigenvalue weighted by Crippen LogP contribution is -2.18. The molecule has 1 aromatic carbocycles. The molecule has 1 rings (SSSR count). The molecule has 4 nitrogen and oxygen atoms in total. The van der Waals surface area contributed by atoms with Crippen molar-refractivity contribution >= 4 is 25.6 Å². The van der Waals surface area contributed by atoms with Crippen LogP contribution in [0.25, 0.3) is 0 Å². The molecule has 1 amide bonds. The van der Waals surface area contributed by atoms with E-state index in [0.29, 0.717) is 5.69 Å². The molecule has 0 saturated carbocycles. The molecule has 0 bridgehead atoms. The zero-order chi connectivity index (χ0) is 13.8. The van der Waals surface area contributed by atoms with E-state index in [0.717, 1.165) is 0 Å². The van der Waals surface area contributed by atoms with Gasteiger partial charge in [-0.2, -0.15) is 0 Å². The van der Waals surface area contributed by atoms with Crippen LogP contribution in [-0.2, 0) is 4.79 Å². The van der Waals surface area contributed by atoms with E-state index in [-0.39, 0.29) is 11.5 Å². The fourth-order valence-electron chi connectivity index (χ4n) is 1.10. The van der Waals surface area contributed by atoms with E-state index in [1.165, 1.54) is 24.3 Å². The summed E-state index contributed by atoms with van der Waals surface area (Å²) in [5.74, 6) is 1.19. The zero-order valence-electron chi connectivity index (χ0n) is 10.6. The van der Waals surface area contributed by atoms with Gasteiger partial charge in [-0.1, -0.05) is 19.6 Å². The average molecular weight is 261 g/mol. The highest BCUT2D eigenvalue weighted by atomic mass is 28.3. The Labute approximate surface area is 107 Å². The molecule has 0 aliphatic heterocycles. The average Bonchev–Trinajstić information content (AvgIpc) is 2.26. The number of hydrogen-bond donors (Lipinski definition) is 2. The fourth-order valence-corrected chi connectivity index (χ4v) is 1.59. The maximum absolute atomic E-state index is 11.5. The lowest BCUT2D eigenvalue weighted by molar-refractivity contribution is -0.111. The molecule has 0 aliphatic rings. The summed E-state index contributed by atoms with van der Waals surface area (Å²) in [6.45, 7) is 6.15. The maximum Gasteiger partial charge on any atom is 0.335 e. The van der Waals surface area contributed by atoms with E-state index >= 15 is 0 Å². The number of carbonyl (C=O) groups excluding carboxylic acids is 1. The first-order chi connectivity index (χ1) is 8.28. The number of anilines is 1. The molecule has 2 N–H and O–H groups in total. The third-order valence-electron chi connectivity index (χ3n) is 1.94. The zero-order valence-corrected chi connectivity index (χ0v) is 11.6. The molecule has 0 spiro atoms. The number of carboxylic acids is 1. The predicted molar refractivity (Wildman–Crippen MR) is 73.2 cm³/mol. The summed E-state index contributed by atoms with van der Waals surface area (Å²) < 4.78 is 0. The summed E-state index contributed by atoms with van der Waals surface area (Å²) in [5.41, 5.74) is 3.67. The van der Waals surface area contributed by atoms with E-state index in [1.807, 2.05) is 0 Å². The van der Waals surface area contributed by atoms with Gasteiger partial charge >= 0.3 is 5.97 Å². The van der Waals surface area contributed by atoms with Gasteiger partial charge in [-0.3, -0.25) is 4.79 Å². The van der Waals surface area contributed by atoms with Crippen LogP contribution in [0.3, 0.4) is 0 Å². The van der Waals surface area contributed by atoms with Crippen LogP contribution in [0.5, 0.6) is 0 Å². The molecule has 0 atom stereocenters. The van der Waals surface area contributed by atoms with Crippen LogP contribution in [0.4, 0.5) is 5.69 Å². The largest absolute Gasteiger partial charge is 0.478 e. The second kappa shape index (κ2) is 5.51. The summed E-state index contributed by atoms with van der Waals surface area (Å²) in [6, 6.07) is 5.95. The number of benzene rings is 1. The summed E-state index contributed by atoms with van der Waals surface area (Å²) in [5, 5.41) is 11.3. The lowest BCUT2D eigenvalue weighted by Gasteiger charge is -2.04. The van der Waals surface area contributed by atoms with Gasteiger partial charge in [0.25, 0.3) is 5.91 Å². The first-order valence-corrected chi connectivity index (χ1v) is 8.95. The number of rotatable bonds is 2. The minimum Gasteiger partial charge on any atom is -0.478 e. The molecule has 0 aliphatic carbocycles. The van der Waals surface area contributed by atoms with Gasteiger partial charge in [-0.25, -0.2) is 4.79 Å². The van der Waals surface area contributed by atoms with Gasteiger partial charge in [-0.15, -0.1) is 5.54 Å². The van der Waals surface area contributed by atoms with Crippen molar-refractivity contribution in [2.24, 2.45) is 0 Å². The number of nitrogens with one attached hydrogen (secondary N) is 1. The second-order valence-corrected chi connectivity index (χ2v) is 9.59. The fraction of sp³-hybridized carbons (Fsp3) is 0.231. The minimum atomic E-state index is -1.56. The van der Waals surface area contributed by atoms with Crippen molar-refractivity contribution in [2.75, 3.05) is 5.32 Å². The molecular weight excluding hydrogens is 246 g/mol. The van der Waals surface area contributed by atoms with Gasteiger partial charge in [0.2, 0.25) is 0 Å². The molecule has 94 valence electrons. The van der Waals surface area contributed by atoms with Crippen LogP contribution in [0.1, 0.15) is 10.4 Å². The van der Waals surface area contributed by atoms with E-state index < -0.39 is 14.0 Å². The monoisotopic (exact) mass is 261 g/mol. The highest BCUT2D eigenvalue weighted by Crippen LogP contribution is 2.09. The van der Waals surface area contributed by atoms with Crippen LogP contribution in [0.15, 0.2) is 24.3 Å². The Morgan fingerprint density at radius 1 is 1.17 bits per heavy atom. The Balaban J connectivity index is 2.70. The Morgan fingerprint density at radius 3 is 2.17 bits per heavy atom. The first kappa shape index (κ1) is 14.0.